The number of rotatable bonds is 4. The van der Waals surface area contributed by atoms with Gasteiger partial charge in [-0.05, 0) is 50.4 Å². The molecule has 2 fully saturated rings. The molecular formula is C22H24N2O5. The Bertz CT molecular complexity index is 914. The molecule has 7 nitrogen and oxygen atoms in total. The fourth-order valence-electron chi connectivity index (χ4n) is 4.91. The van der Waals surface area contributed by atoms with E-state index in [2.05, 4.69) is 11.0 Å². The van der Waals surface area contributed by atoms with E-state index < -0.39 is 0 Å². The molecule has 0 N–H and O–H groups in total. The van der Waals surface area contributed by atoms with Crippen LogP contribution in [0.3, 0.4) is 0 Å². The van der Waals surface area contributed by atoms with Crippen LogP contribution in [0.1, 0.15) is 40.7 Å². The number of ether oxygens (including phenoxy) is 2. The van der Waals surface area contributed by atoms with Gasteiger partial charge in [0.1, 0.15) is 13.2 Å². The van der Waals surface area contributed by atoms with Crippen LogP contribution in [-0.4, -0.2) is 60.4 Å². The van der Waals surface area contributed by atoms with Crippen molar-refractivity contribution >= 4 is 17.8 Å². The second-order valence-electron chi connectivity index (χ2n) is 8.39. The summed E-state index contributed by atoms with van der Waals surface area (Å²) in [5.74, 6) is -0.427. The number of benzene rings is 1. The number of hydrogen-bond acceptors (Lipinski definition) is 6. The Hall–Kier alpha value is -2.67. The Labute approximate surface area is 169 Å². The second-order valence-corrected chi connectivity index (χ2v) is 8.39. The van der Waals surface area contributed by atoms with Gasteiger partial charge in [-0.2, -0.15) is 0 Å². The molecule has 4 heterocycles. The molecule has 1 aromatic carbocycles. The molecule has 4 aliphatic rings. The number of carbonyl (C=O) groups excluding carboxylic acids is 3. The minimum absolute atomic E-state index is 0.157. The molecule has 0 bridgehead atoms. The summed E-state index contributed by atoms with van der Waals surface area (Å²) in [6, 6.07) is 5.94. The Morgan fingerprint density at radius 2 is 1.76 bits per heavy atom. The number of hydrogen-bond donors (Lipinski definition) is 0. The molecule has 0 aliphatic carbocycles. The summed E-state index contributed by atoms with van der Waals surface area (Å²) in [4.78, 5) is 40.1. The molecule has 0 atom stereocenters. The van der Waals surface area contributed by atoms with E-state index in [0.29, 0.717) is 24.4 Å². The van der Waals surface area contributed by atoms with E-state index in [-0.39, 0.29) is 29.9 Å². The molecule has 29 heavy (non-hydrogen) atoms. The van der Waals surface area contributed by atoms with E-state index in [4.69, 9.17) is 9.47 Å². The van der Waals surface area contributed by atoms with Gasteiger partial charge in [0.15, 0.2) is 0 Å². The zero-order chi connectivity index (χ0) is 20.0. The van der Waals surface area contributed by atoms with Crippen LogP contribution in [0.2, 0.25) is 0 Å². The molecule has 1 amide bonds. The van der Waals surface area contributed by atoms with Crippen LogP contribution < -0.4 is 0 Å². The van der Waals surface area contributed by atoms with Crippen molar-refractivity contribution in [2.75, 3.05) is 32.8 Å². The monoisotopic (exact) mass is 396 g/mol. The number of carbonyl (C=O) groups is 3. The average Bonchev–Trinajstić information content (AvgIpc) is 3.41. The molecular weight excluding hydrogens is 372 g/mol. The maximum atomic E-state index is 13.1. The predicted molar refractivity (Wildman–Crippen MR) is 103 cm³/mol. The van der Waals surface area contributed by atoms with E-state index in [1.165, 1.54) is 11.6 Å². The second kappa shape index (κ2) is 6.99. The summed E-state index contributed by atoms with van der Waals surface area (Å²) >= 11 is 0. The van der Waals surface area contributed by atoms with Crippen LogP contribution >= 0.6 is 0 Å². The smallest absolute Gasteiger partial charge is 0.338 e. The van der Waals surface area contributed by atoms with Crippen molar-refractivity contribution in [3.05, 3.63) is 46.7 Å². The lowest BCUT2D eigenvalue weighted by Gasteiger charge is -2.38. The Morgan fingerprint density at radius 1 is 0.966 bits per heavy atom. The summed E-state index contributed by atoms with van der Waals surface area (Å²) in [7, 11) is 0. The highest BCUT2D eigenvalue weighted by atomic mass is 16.5. The Kier molecular flexibility index (Phi) is 4.42. The molecule has 7 heteroatoms. The summed E-state index contributed by atoms with van der Waals surface area (Å²) in [5.41, 5.74) is 3.29. The van der Waals surface area contributed by atoms with Gasteiger partial charge < -0.3 is 19.3 Å². The Balaban J connectivity index is 1.16. The van der Waals surface area contributed by atoms with Gasteiger partial charge in [0.25, 0.3) is 0 Å². The summed E-state index contributed by atoms with van der Waals surface area (Å²) in [6.07, 6.45) is 4.93. The minimum Gasteiger partial charge on any atom is -0.457 e. The number of fused-ring (bicyclic) bond motifs is 1. The lowest BCUT2D eigenvalue weighted by atomic mass is 9.77. The zero-order valence-corrected chi connectivity index (χ0v) is 16.3. The molecule has 0 saturated carbocycles. The fraction of sp³-hybridized carbons (Fsp3) is 0.500. The van der Waals surface area contributed by atoms with E-state index >= 15 is 0 Å². The normalized spacial score (nSPS) is 23.4. The molecule has 0 unspecified atom stereocenters. The van der Waals surface area contributed by atoms with Crippen molar-refractivity contribution in [1.82, 2.24) is 9.80 Å². The number of amides is 1. The molecule has 1 aromatic rings. The van der Waals surface area contributed by atoms with Crippen molar-refractivity contribution < 1.29 is 23.9 Å². The summed E-state index contributed by atoms with van der Waals surface area (Å²) in [5, 5.41) is 0. The number of nitrogens with zero attached hydrogens (tertiary/aromatic N) is 2. The average molecular weight is 396 g/mol. The first-order valence-corrected chi connectivity index (χ1v) is 10.2. The minimum atomic E-state index is -0.356. The maximum Gasteiger partial charge on any atom is 0.338 e. The first-order chi connectivity index (χ1) is 14.0. The summed E-state index contributed by atoms with van der Waals surface area (Å²) < 4.78 is 10.0. The number of likely N-dealkylation sites (tertiary alicyclic amines) is 2. The van der Waals surface area contributed by atoms with Crippen molar-refractivity contribution in [2.45, 2.75) is 32.3 Å². The lowest BCUT2D eigenvalue weighted by Crippen LogP contribution is -2.45. The third-order valence-electron chi connectivity index (χ3n) is 6.78. The molecule has 0 radical (unpaired) electrons. The van der Waals surface area contributed by atoms with Crippen molar-refractivity contribution in [3.8, 4) is 0 Å². The van der Waals surface area contributed by atoms with Crippen LogP contribution in [0.5, 0.6) is 0 Å². The largest absolute Gasteiger partial charge is 0.457 e. The number of esters is 2. The molecule has 152 valence electrons. The Morgan fingerprint density at radius 3 is 2.52 bits per heavy atom. The van der Waals surface area contributed by atoms with Crippen LogP contribution in [0.15, 0.2) is 30.0 Å². The van der Waals surface area contributed by atoms with Gasteiger partial charge in [-0.1, -0.05) is 12.1 Å². The quantitative estimate of drug-likeness (QED) is 0.721. The first-order valence-electron chi connectivity index (χ1n) is 10.2. The van der Waals surface area contributed by atoms with Crippen LogP contribution in [0.4, 0.5) is 0 Å². The van der Waals surface area contributed by atoms with E-state index in [0.717, 1.165) is 50.9 Å². The standard InChI is InChI=1S/C22H24N2O5/c25-19-12-17(14-28-19)24-10-6-22(21(24)27)4-8-23(9-5-22)7-3-15-1-2-18-16(11-15)13-29-20(18)26/h1-2,11-12H,3-10,13-14H2. The van der Waals surface area contributed by atoms with Gasteiger partial charge in [0.2, 0.25) is 5.91 Å². The van der Waals surface area contributed by atoms with Crippen LogP contribution in [0, 0.1) is 5.41 Å². The summed E-state index contributed by atoms with van der Waals surface area (Å²) in [6.45, 7) is 4.01. The first kappa shape index (κ1) is 18.4. The molecule has 2 saturated heterocycles. The highest BCUT2D eigenvalue weighted by Gasteiger charge is 2.49. The SMILES string of the molecule is O=C1C=C(N2CCC3(CCN(CCc4ccc5c(c4)COC5=O)CC3)C2=O)CO1. The van der Waals surface area contributed by atoms with E-state index in [1.807, 2.05) is 12.1 Å². The highest BCUT2D eigenvalue weighted by Crippen LogP contribution is 2.43. The number of piperidine rings is 1. The third-order valence-corrected chi connectivity index (χ3v) is 6.78. The van der Waals surface area contributed by atoms with Crippen molar-refractivity contribution in [2.24, 2.45) is 5.41 Å². The van der Waals surface area contributed by atoms with Crippen LogP contribution in [-0.2, 0) is 32.1 Å². The van der Waals surface area contributed by atoms with Gasteiger partial charge >= 0.3 is 11.9 Å². The van der Waals surface area contributed by atoms with Gasteiger partial charge in [0, 0.05) is 24.7 Å². The topological polar surface area (TPSA) is 76.2 Å². The van der Waals surface area contributed by atoms with E-state index in [1.54, 1.807) is 4.90 Å². The lowest BCUT2D eigenvalue weighted by molar-refractivity contribution is -0.138. The van der Waals surface area contributed by atoms with Gasteiger partial charge in [0.05, 0.1) is 16.7 Å². The highest BCUT2D eigenvalue weighted by molar-refractivity contribution is 5.93. The van der Waals surface area contributed by atoms with E-state index in [9.17, 15) is 14.4 Å². The fourth-order valence-corrected chi connectivity index (χ4v) is 4.91. The van der Waals surface area contributed by atoms with Crippen molar-refractivity contribution in [3.63, 3.8) is 0 Å². The zero-order valence-electron chi connectivity index (χ0n) is 16.3. The molecule has 5 rings (SSSR count). The molecule has 4 aliphatic heterocycles. The van der Waals surface area contributed by atoms with Crippen LogP contribution in [0.25, 0.3) is 0 Å². The maximum absolute atomic E-state index is 13.1. The van der Waals surface area contributed by atoms with Crippen molar-refractivity contribution in [1.29, 1.82) is 0 Å². The third kappa shape index (κ3) is 3.23. The number of cyclic esters (lactones) is 2. The predicted octanol–water partition coefficient (Wildman–Crippen LogP) is 1.65. The van der Waals surface area contributed by atoms with Gasteiger partial charge in [-0.15, -0.1) is 0 Å². The van der Waals surface area contributed by atoms with Gasteiger partial charge in [-0.3, -0.25) is 4.79 Å². The molecule has 0 aromatic heterocycles. The van der Waals surface area contributed by atoms with Gasteiger partial charge in [-0.25, -0.2) is 9.59 Å². The molecule has 1 spiro atoms.